The van der Waals surface area contributed by atoms with Gasteiger partial charge in [0.1, 0.15) is 5.75 Å². The molecule has 2 aliphatic rings. The molecule has 8 nitrogen and oxygen atoms in total. The number of amides is 2. The average Bonchev–Trinajstić information content (AvgIpc) is 3.21. The molecular weight excluding hydrogens is 454 g/mol. The molecule has 0 bridgehead atoms. The smallest absolute Gasteiger partial charge is 0.265 e. The highest BCUT2D eigenvalue weighted by molar-refractivity contribution is 7.92. The number of benzene rings is 2. The molecule has 0 saturated carbocycles. The van der Waals surface area contributed by atoms with Crippen molar-refractivity contribution in [3.63, 3.8) is 0 Å². The third-order valence-electron chi connectivity index (χ3n) is 5.55. The van der Waals surface area contributed by atoms with Crippen LogP contribution in [-0.2, 0) is 14.8 Å². The topological polar surface area (TPSA) is 96.0 Å². The van der Waals surface area contributed by atoms with Crippen LogP contribution in [0.2, 0.25) is 5.02 Å². The van der Waals surface area contributed by atoms with Crippen LogP contribution in [0, 0.1) is 0 Å². The molecule has 32 heavy (non-hydrogen) atoms. The van der Waals surface area contributed by atoms with Crippen molar-refractivity contribution >= 4 is 44.8 Å². The van der Waals surface area contributed by atoms with E-state index in [-0.39, 0.29) is 24.6 Å². The monoisotopic (exact) mass is 477 g/mol. The Morgan fingerprint density at radius 3 is 2.53 bits per heavy atom. The molecule has 170 valence electrons. The van der Waals surface area contributed by atoms with Gasteiger partial charge in [-0.3, -0.25) is 13.9 Å². The maximum absolute atomic E-state index is 13.1. The Labute approximate surface area is 192 Å². The summed E-state index contributed by atoms with van der Waals surface area (Å²) in [5, 5.41) is 3.16. The van der Waals surface area contributed by atoms with Gasteiger partial charge >= 0.3 is 0 Å². The lowest BCUT2D eigenvalue weighted by Crippen LogP contribution is -2.36. The summed E-state index contributed by atoms with van der Waals surface area (Å²) in [7, 11) is -3.60. The van der Waals surface area contributed by atoms with Gasteiger partial charge in [0, 0.05) is 31.1 Å². The van der Waals surface area contributed by atoms with Crippen LogP contribution in [0.3, 0.4) is 0 Å². The molecule has 2 aromatic rings. The molecule has 0 aliphatic carbocycles. The first kappa shape index (κ1) is 22.4. The summed E-state index contributed by atoms with van der Waals surface area (Å²) in [5.41, 5.74) is 1.11. The third kappa shape index (κ3) is 4.68. The number of nitrogens with one attached hydrogen (secondary N) is 1. The number of rotatable bonds is 4. The number of halogens is 1. The van der Waals surface area contributed by atoms with Crippen LogP contribution in [0.15, 0.2) is 42.5 Å². The van der Waals surface area contributed by atoms with E-state index < -0.39 is 22.0 Å². The van der Waals surface area contributed by atoms with Crippen molar-refractivity contribution < 1.29 is 22.7 Å². The predicted molar refractivity (Wildman–Crippen MR) is 123 cm³/mol. The fourth-order valence-corrected chi connectivity index (χ4v) is 5.07. The second kappa shape index (κ2) is 8.99. The zero-order valence-electron chi connectivity index (χ0n) is 17.6. The highest BCUT2D eigenvalue weighted by atomic mass is 35.5. The lowest BCUT2D eigenvalue weighted by Gasteiger charge is -2.21. The Kier molecular flexibility index (Phi) is 6.30. The second-order valence-corrected chi connectivity index (χ2v) is 10.2. The maximum atomic E-state index is 13.1. The van der Waals surface area contributed by atoms with E-state index in [2.05, 4.69) is 5.32 Å². The quantitative estimate of drug-likeness (QED) is 0.729. The molecule has 0 radical (unpaired) electrons. The van der Waals surface area contributed by atoms with Crippen molar-refractivity contribution in [2.45, 2.75) is 25.4 Å². The van der Waals surface area contributed by atoms with Crippen LogP contribution >= 0.6 is 11.6 Å². The third-order valence-corrected chi connectivity index (χ3v) is 6.97. The van der Waals surface area contributed by atoms with Crippen molar-refractivity contribution in [3.05, 3.63) is 53.1 Å². The Hall–Kier alpha value is -2.78. The molecule has 1 atom stereocenters. The number of ether oxygens (including phenoxy) is 1. The van der Waals surface area contributed by atoms with Gasteiger partial charge in [-0.25, -0.2) is 8.42 Å². The normalized spacial score (nSPS) is 18.5. The minimum absolute atomic E-state index is 0.0542. The highest BCUT2D eigenvalue weighted by Crippen LogP contribution is 2.36. The zero-order chi connectivity index (χ0) is 22.9. The van der Waals surface area contributed by atoms with Crippen LogP contribution in [0.1, 0.15) is 29.6 Å². The number of sulfonamides is 1. The highest BCUT2D eigenvalue weighted by Gasteiger charge is 2.32. The van der Waals surface area contributed by atoms with Gasteiger partial charge in [-0.2, -0.15) is 0 Å². The van der Waals surface area contributed by atoms with Crippen molar-refractivity contribution in [2.75, 3.05) is 35.5 Å². The van der Waals surface area contributed by atoms with E-state index in [4.69, 9.17) is 16.3 Å². The van der Waals surface area contributed by atoms with Crippen LogP contribution in [-0.4, -0.2) is 57.1 Å². The van der Waals surface area contributed by atoms with E-state index >= 15 is 0 Å². The van der Waals surface area contributed by atoms with Gasteiger partial charge < -0.3 is 15.0 Å². The van der Waals surface area contributed by atoms with Gasteiger partial charge in [0.25, 0.3) is 11.8 Å². The maximum Gasteiger partial charge on any atom is 0.265 e. The molecule has 2 heterocycles. The summed E-state index contributed by atoms with van der Waals surface area (Å²) < 4.78 is 31.7. The first-order valence-corrected chi connectivity index (χ1v) is 12.6. The molecule has 2 amide bonds. The number of likely N-dealkylation sites (tertiary alicyclic amines) is 1. The molecule has 10 heteroatoms. The number of nitrogens with zero attached hydrogens (tertiary/aromatic N) is 2. The number of carbonyl (C=O) groups is 2. The van der Waals surface area contributed by atoms with Gasteiger partial charge in [0.15, 0.2) is 6.10 Å². The van der Waals surface area contributed by atoms with Crippen molar-refractivity contribution in [2.24, 2.45) is 0 Å². The number of carbonyl (C=O) groups excluding carboxylic acids is 2. The fourth-order valence-electron chi connectivity index (χ4n) is 3.96. The molecule has 2 aliphatic heterocycles. The lowest BCUT2D eigenvalue weighted by molar-refractivity contribution is -0.122. The largest absolute Gasteiger partial charge is 0.478 e. The SMILES string of the molecule is CS(=O)(=O)N1CC[C@H](C(=O)Nc2ccccc2C(=O)N2CCCC2)Oc2ccc(Cl)cc21. The van der Waals surface area contributed by atoms with E-state index in [1.54, 1.807) is 41.3 Å². The Morgan fingerprint density at radius 1 is 1.09 bits per heavy atom. The Balaban J connectivity index is 1.57. The van der Waals surface area contributed by atoms with Gasteiger partial charge in [-0.05, 0) is 43.2 Å². The van der Waals surface area contributed by atoms with Gasteiger partial charge in [-0.1, -0.05) is 23.7 Å². The standard InChI is InChI=1S/C22H24ClN3O5S/c1-32(29,30)26-13-10-20(31-19-9-8-15(23)14-18(19)26)21(27)24-17-7-3-2-6-16(17)22(28)25-11-4-5-12-25/h2-3,6-9,14,20H,4-5,10-13H2,1H3,(H,24,27)/t20-/m1/s1. The fraction of sp³-hybridized carbons (Fsp3) is 0.364. The molecular formula is C22H24ClN3O5S. The summed E-state index contributed by atoms with van der Waals surface area (Å²) in [6.45, 7) is 1.46. The summed E-state index contributed by atoms with van der Waals surface area (Å²) in [4.78, 5) is 27.8. The van der Waals surface area contributed by atoms with Crippen molar-refractivity contribution in [1.82, 2.24) is 4.90 Å². The molecule has 0 aromatic heterocycles. The molecule has 4 rings (SSSR count). The minimum atomic E-state index is -3.60. The van der Waals surface area contributed by atoms with Gasteiger partial charge in [0.05, 0.1) is 23.2 Å². The molecule has 0 spiro atoms. The average molecular weight is 478 g/mol. The van der Waals surface area contributed by atoms with Gasteiger partial charge in [-0.15, -0.1) is 0 Å². The lowest BCUT2D eigenvalue weighted by atomic mass is 10.1. The van der Waals surface area contributed by atoms with Crippen LogP contribution in [0.5, 0.6) is 5.75 Å². The molecule has 1 fully saturated rings. The number of para-hydroxylation sites is 1. The van der Waals surface area contributed by atoms with Crippen LogP contribution in [0.25, 0.3) is 0 Å². The van der Waals surface area contributed by atoms with E-state index in [0.29, 0.717) is 35.1 Å². The summed E-state index contributed by atoms with van der Waals surface area (Å²) in [6.07, 6.45) is 2.22. The van der Waals surface area contributed by atoms with Gasteiger partial charge in [0.2, 0.25) is 10.0 Å². The predicted octanol–water partition coefficient (Wildman–Crippen LogP) is 3.13. The van der Waals surface area contributed by atoms with E-state index in [0.717, 1.165) is 19.1 Å². The van der Waals surface area contributed by atoms with Crippen LogP contribution < -0.4 is 14.4 Å². The molecule has 0 unspecified atom stereocenters. The number of hydrogen-bond acceptors (Lipinski definition) is 5. The Bertz CT molecular complexity index is 1150. The summed E-state index contributed by atoms with van der Waals surface area (Å²) in [5.74, 6) is -0.328. The minimum Gasteiger partial charge on any atom is -0.478 e. The second-order valence-electron chi connectivity index (χ2n) is 7.88. The number of anilines is 2. The number of hydrogen-bond donors (Lipinski definition) is 1. The first-order chi connectivity index (χ1) is 15.2. The van der Waals surface area contributed by atoms with Crippen molar-refractivity contribution in [1.29, 1.82) is 0 Å². The molecule has 1 N–H and O–H groups in total. The van der Waals surface area contributed by atoms with E-state index in [9.17, 15) is 18.0 Å². The summed E-state index contributed by atoms with van der Waals surface area (Å²) in [6, 6.07) is 11.5. The zero-order valence-corrected chi connectivity index (χ0v) is 19.2. The summed E-state index contributed by atoms with van der Waals surface area (Å²) >= 11 is 6.06. The van der Waals surface area contributed by atoms with Crippen LogP contribution in [0.4, 0.5) is 11.4 Å². The van der Waals surface area contributed by atoms with Crippen molar-refractivity contribution in [3.8, 4) is 5.75 Å². The molecule has 2 aromatic carbocycles. The van der Waals surface area contributed by atoms with E-state index in [1.807, 2.05) is 0 Å². The molecule has 1 saturated heterocycles. The Morgan fingerprint density at radius 2 is 1.81 bits per heavy atom. The van der Waals surface area contributed by atoms with E-state index in [1.165, 1.54) is 10.4 Å². The first-order valence-electron chi connectivity index (χ1n) is 10.4. The number of fused-ring (bicyclic) bond motifs is 1.